The van der Waals surface area contributed by atoms with Gasteiger partial charge in [-0.05, 0) is 34.2 Å². The number of nitriles is 1. The lowest BCUT2D eigenvalue weighted by molar-refractivity contribution is -0.385. The zero-order valence-electron chi connectivity index (χ0n) is 7.03. The van der Waals surface area contributed by atoms with Gasteiger partial charge in [0.25, 0.3) is 5.69 Å². The third-order valence-corrected chi connectivity index (χ3v) is 2.71. The van der Waals surface area contributed by atoms with Gasteiger partial charge in [0, 0.05) is 16.2 Å². The normalized spacial score (nSPS) is 9.50. The molecule has 0 fully saturated rings. The van der Waals surface area contributed by atoms with Crippen LogP contribution in [0.1, 0.15) is 11.1 Å². The standard InChI is InChI=1S/C8H6IN3O2/c9-7-1-6(4-11)8(12(13)14)2-5(7)3-10/h1-2H,3,10H2. The summed E-state index contributed by atoms with van der Waals surface area (Å²) in [5.74, 6) is 0. The molecule has 0 radical (unpaired) electrons. The maximum atomic E-state index is 10.6. The fourth-order valence-electron chi connectivity index (χ4n) is 1.00. The van der Waals surface area contributed by atoms with Gasteiger partial charge in [-0.2, -0.15) is 5.26 Å². The second-order valence-corrected chi connectivity index (χ2v) is 3.70. The summed E-state index contributed by atoms with van der Waals surface area (Å²) in [6.45, 7) is 0.227. The minimum absolute atomic E-state index is 0.0663. The van der Waals surface area contributed by atoms with Crippen LogP contribution < -0.4 is 5.73 Å². The van der Waals surface area contributed by atoms with E-state index in [0.29, 0.717) is 5.56 Å². The lowest BCUT2D eigenvalue weighted by Gasteiger charge is -2.02. The van der Waals surface area contributed by atoms with Crippen LogP contribution in [0.15, 0.2) is 12.1 Å². The van der Waals surface area contributed by atoms with Crippen LogP contribution in [0.2, 0.25) is 0 Å². The third kappa shape index (κ3) is 2.00. The number of nitrogens with two attached hydrogens (primary N) is 1. The molecule has 0 aliphatic rings. The van der Waals surface area contributed by atoms with Crippen molar-refractivity contribution >= 4 is 28.3 Å². The van der Waals surface area contributed by atoms with Gasteiger partial charge in [0.2, 0.25) is 0 Å². The molecule has 0 saturated heterocycles. The molecule has 1 aromatic rings. The third-order valence-electron chi connectivity index (χ3n) is 1.70. The predicted molar refractivity (Wildman–Crippen MR) is 58.4 cm³/mol. The van der Waals surface area contributed by atoms with Gasteiger partial charge >= 0.3 is 0 Å². The minimum Gasteiger partial charge on any atom is -0.326 e. The molecule has 0 aliphatic heterocycles. The van der Waals surface area contributed by atoms with E-state index in [2.05, 4.69) is 0 Å². The fourth-order valence-corrected chi connectivity index (χ4v) is 1.69. The van der Waals surface area contributed by atoms with E-state index < -0.39 is 4.92 Å². The fraction of sp³-hybridized carbons (Fsp3) is 0.125. The molecule has 5 nitrogen and oxygen atoms in total. The quantitative estimate of drug-likeness (QED) is 0.509. The summed E-state index contributed by atoms with van der Waals surface area (Å²) in [5, 5.41) is 19.2. The van der Waals surface area contributed by atoms with Crippen molar-refractivity contribution in [1.82, 2.24) is 0 Å². The molecule has 0 aromatic heterocycles. The summed E-state index contributed by atoms with van der Waals surface area (Å²) in [5.41, 5.74) is 5.96. The summed E-state index contributed by atoms with van der Waals surface area (Å²) in [6.07, 6.45) is 0. The van der Waals surface area contributed by atoms with Gasteiger partial charge in [0.05, 0.1) is 4.92 Å². The van der Waals surface area contributed by atoms with Gasteiger partial charge in [-0.3, -0.25) is 10.1 Å². The van der Waals surface area contributed by atoms with Crippen LogP contribution in [0, 0.1) is 25.0 Å². The molecular weight excluding hydrogens is 297 g/mol. The number of hydrogen-bond donors (Lipinski definition) is 1. The number of halogens is 1. The summed E-state index contributed by atoms with van der Waals surface area (Å²) >= 11 is 2.00. The average molecular weight is 303 g/mol. The lowest BCUT2D eigenvalue weighted by Crippen LogP contribution is -2.02. The Hall–Kier alpha value is -1.20. The van der Waals surface area contributed by atoms with Crippen LogP contribution in [-0.2, 0) is 6.54 Å². The first kappa shape index (κ1) is 10.9. The highest BCUT2D eigenvalue weighted by Crippen LogP contribution is 2.23. The van der Waals surface area contributed by atoms with Crippen molar-refractivity contribution in [1.29, 1.82) is 5.26 Å². The maximum absolute atomic E-state index is 10.6. The van der Waals surface area contributed by atoms with E-state index in [1.165, 1.54) is 12.1 Å². The Morgan fingerprint density at radius 2 is 2.29 bits per heavy atom. The van der Waals surface area contributed by atoms with E-state index >= 15 is 0 Å². The molecule has 1 rings (SSSR count). The number of benzene rings is 1. The van der Waals surface area contributed by atoms with E-state index in [1.54, 1.807) is 6.07 Å². The summed E-state index contributed by atoms with van der Waals surface area (Å²) < 4.78 is 0.771. The zero-order valence-corrected chi connectivity index (χ0v) is 9.19. The highest BCUT2D eigenvalue weighted by atomic mass is 127. The zero-order chi connectivity index (χ0) is 10.7. The van der Waals surface area contributed by atoms with Crippen molar-refractivity contribution in [2.75, 3.05) is 0 Å². The second kappa shape index (κ2) is 4.34. The highest BCUT2D eigenvalue weighted by Gasteiger charge is 2.16. The Kier molecular flexibility index (Phi) is 3.38. The molecule has 72 valence electrons. The number of hydrogen-bond acceptors (Lipinski definition) is 4. The molecule has 0 unspecified atom stereocenters. The average Bonchev–Trinajstić information content (AvgIpc) is 2.16. The summed E-state index contributed by atoms with van der Waals surface area (Å²) in [4.78, 5) is 10.00. The van der Waals surface area contributed by atoms with Gasteiger partial charge < -0.3 is 5.73 Å². The van der Waals surface area contributed by atoms with Crippen molar-refractivity contribution in [3.63, 3.8) is 0 Å². The smallest absolute Gasteiger partial charge is 0.287 e. The van der Waals surface area contributed by atoms with Crippen molar-refractivity contribution in [3.05, 3.63) is 36.9 Å². The van der Waals surface area contributed by atoms with E-state index in [1.807, 2.05) is 22.6 Å². The van der Waals surface area contributed by atoms with Gasteiger partial charge in [0.1, 0.15) is 11.6 Å². The molecule has 0 bridgehead atoms. The summed E-state index contributed by atoms with van der Waals surface area (Å²) in [7, 11) is 0. The maximum Gasteiger partial charge on any atom is 0.287 e. The highest BCUT2D eigenvalue weighted by molar-refractivity contribution is 14.1. The lowest BCUT2D eigenvalue weighted by atomic mass is 10.1. The molecule has 0 aliphatic carbocycles. The molecule has 1 aromatic carbocycles. The number of rotatable bonds is 2. The number of nitrogens with zero attached hydrogens (tertiary/aromatic N) is 2. The van der Waals surface area contributed by atoms with E-state index in [-0.39, 0.29) is 17.8 Å². The van der Waals surface area contributed by atoms with Gasteiger partial charge in [-0.15, -0.1) is 0 Å². The summed E-state index contributed by atoms with van der Waals surface area (Å²) in [6, 6.07) is 4.60. The van der Waals surface area contributed by atoms with Crippen LogP contribution in [0.25, 0.3) is 0 Å². The van der Waals surface area contributed by atoms with E-state index in [0.717, 1.165) is 3.57 Å². The van der Waals surface area contributed by atoms with Gasteiger partial charge in [0.15, 0.2) is 0 Å². The topological polar surface area (TPSA) is 93.0 Å². The first-order valence-corrected chi connectivity index (χ1v) is 4.75. The van der Waals surface area contributed by atoms with Crippen molar-refractivity contribution in [3.8, 4) is 6.07 Å². The molecule has 0 atom stereocenters. The van der Waals surface area contributed by atoms with Crippen LogP contribution in [0.4, 0.5) is 5.69 Å². The van der Waals surface area contributed by atoms with Gasteiger partial charge in [-0.1, -0.05) is 0 Å². The molecule has 0 spiro atoms. The van der Waals surface area contributed by atoms with E-state index in [4.69, 9.17) is 11.0 Å². The second-order valence-electron chi connectivity index (χ2n) is 2.53. The van der Waals surface area contributed by atoms with E-state index in [9.17, 15) is 10.1 Å². The molecule has 6 heteroatoms. The molecule has 0 amide bonds. The van der Waals surface area contributed by atoms with Crippen LogP contribution in [0.3, 0.4) is 0 Å². The Labute approximate surface area is 93.8 Å². The number of nitro benzene ring substituents is 1. The molecular formula is C8H6IN3O2. The Balaban J connectivity index is 3.42. The molecule has 0 saturated carbocycles. The minimum atomic E-state index is -0.576. The first-order chi connectivity index (χ1) is 6.60. The largest absolute Gasteiger partial charge is 0.326 e. The Morgan fingerprint density at radius 1 is 1.64 bits per heavy atom. The molecule has 0 heterocycles. The van der Waals surface area contributed by atoms with Gasteiger partial charge in [-0.25, -0.2) is 0 Å². The van der Waals surface area contributed by atoms with Crippen molar-refractivity contribution in [2.45, 2.75) is 6.54 Å². The Morgan fingerprint density at radius 3 is 2.71 bits per heavy atom. The number of nitro groups is 1. The monoisotopic (exact) mass is 303 g/mol. The molecule has 14 heavy (non-hydrogen) atoms. The van der Waals surface area contributed by atoms with Crippen LogP contribution in [0.5, 0.6) is 0 Å². The van der Waals surface area contributed by atoms with Crippen molar-refractivity contribution in [2.24, 2.45) is 5.73 Å². The predicted octanol–water partition coefficient (Wildman–Crippen LogP) is 1.53. The first-order valence-electron chi connectivity index (χ1n) is 3.67. The van der Waals surface area contributed by atoms with Crippen molar-refractivity contribution < 1.29 is 4.92 Å². The SMILES string of the molecule is N#Cc1cc(I)c(CN)cc1[N+](=O)[O-]. The Bertz CT molecular complexity index is 425. The molecule has 2 N–H and O–H groups in total. The van der Waals surface area contributed by atoms with Crippen LogP contribution >= 0.6 is 22.6 Å². The van der Waals surface area contributed by atoms with Crippen LogP contribution in [-0.4, -0.2) is 4.92 Å².